The Hall–Kier alpha value is -1.93. The molecule has 2 rings (SSSR count). The van der Waals surface area contributed by atoms with E-state index in [0.29, 0.717) is 18.1 Å². The number of hydrogen-bond acceptors (Lipinski definition) is 3. The minimum absolute atomic E-state index is 0.00868. The number of alkyl halides is 1. The average Bonchev–Trinajstić information content (AvgIpc) is 3.01. The van der Waals surface area contributed by atoms with E-state index in [1.165, 1.54) is 0 Å². The number of pyridine rings is 1. The summed E-state index contributed by atoms with van der Waals surface area (Å²) < 4.78 is 0. The lowest BCUT2D eigenvalue weighted by Crippen LogP contribution is -2.38. The molecule has 1 aliphatic heterocycles. The second-order valence-electron chi connectivity index (χ2n) is 5.94. The van der Waals surface area contributed by atoms with Crippen LogP contribution in [0.15, 0.2) is 23.4 Å². The molecule has 6 heteroatoms. The summed E-state index contributed by atoms with van der Waals surface area (Å²) in [6, 6.07) is 3.36. The van der Waals surface area contributed by atoms with Crippen molar-refractivity contribution < 1.29 is 4.79 Å². The molecule has 22 heavy (non-hydrogen) atoms. The zero-order valence-electron chi connectivity index (χ0n) is 12.8. The molecule has 0 spiro atoms. The Morgan fingerprint density at radius 1 is 1.55 bits per heavy atom. The highest BCUT2D eigenvalue weighted by Crippen LogP contribution is 2.34. The summed E-state index contributed by atoms with van der Waals surface area (Å²) in [5.41, 5.74) is 0.394. The van der Waals surface area contributed by atoms with Crippen LogP contribution in [0.1, 0.15) is 44.7 Å². The molecular formula is C16H19ClN4O. The molecule has 0 bridgehead atoms. The van der Waals surface area contributed by atoms with Crippen LogP contribution < -0.4 is 0 Å². The monoisotopic (exact) mass is 318 g/mol. The van der Waals surface area contributed by atoms with Crippen molar-refractivity contribution >= 4 is 29.5 Å². The van der Waals surface area contributed by atoms with E-state index < -0.39 is 5.41 Å². The topological polar surface area (TPSA) is 49.9 Å². The van der Waals surface area contributed by atoms with E-state index in [4.69, 9.17) is 18.2 Å². The van der Waals surface area contributed by atoms with Crippen molar-refractivity contribution in [2.45, 2.75) is 39.2 Å². The fourth-order valence-electron chi connectivity index (χ4n) is 2.47. The molecule has 2 heterocycles. The van der Waals surface area contributed by atoms with Gasteiger partial charge in [-0.15, -0.1) is 16.6 Å². The van der Waals surface area contributed by atoms with E-state index in [9.17, 15) is 4.79 Å². The fourth-order valence-corrected chi connectivity index (χ4v) is 2.61. The van der Waals surface area contributed by atoms with Crippen LogP contribution in [0, 0.1) is 12.0 Å². The van der Waals surface area contributed by atoms with Gasteiger partial charge in [0.05, 0.1) is 6.04 Å². The molecule has 0 saturated carbocycles. The van der Waals surface area contributed by atoms with Gasteiger partial charge in [0, 0.05) is 29.5 Å². The summed E-state index contributed by atoms with van der Waals surface area (Å²) in [6.07, 6.45) is 5.59. The molecule has 1 aromatic rings. The van der Waals surface area contributed by atoms with Crippen LogP contribution in [0.4, 0.5) is 5.82 Å². The number of nitrogens with zero attached hydrogens (tertiary/aromatic N) is 4. The molecular weight excluding hydrogens is 300 g/mol. The minimum Gasteiger partial charge on any atom is -0.361 e. The van der Waals surface area contributed by atoms with Crippen LogP contribution >= 0.6 is 11.6 Å². The van der Waals surface area contributed by atoms with E-state index >= 15 is 0 Å². The van der Waals surface area contributed by atoms with Crippen LogP contribution in [-0.4, -0.2) is 28.0 Å². The first-order chi connectivity index (χ1) is 10.5. The molecule has 1 aromatic heterocycles. The van der Waals surface area contributed by atoms with Gasteiger partial charge in [-0.05, 0) is 18.9 Å². The van der Waals surface area contributed by atoms with Gasteiger partial charge in [-0.2, -0.15) is 5.10 Å². The molecule has 0 radical (unpaired) electrons. The molecule has 0 aromatic carbocycles. The summed E-state index contributed by atoms with van der Waals surface area (Å²) in [7, 11) is 0. The van der Waals surface area contributed by atoms with Gasteiger partial charge in [-0.1, -0.05) is 26.5 Å². The van der Waals surface area contributed by atoms with Crippen molar-refractivity contribution in [3.05, 3.63) is 35.3 Å². The van der Waals surface area contributed by atoms with E-state index in [2.05, 4.69) is 14.9 Å². The molecule has 0 aliphatic carbocycles. The van der Waals surface area contributed by atoms with Gasteiger partial charge in [-0.3, -0.25) is 4.79 Å². The molecule has 1 atom stereocenters. The Kier molecular flexibility index (Phi) is 5.15. The number of hydrogen-bond donors (Lipinski definition) is 0. The predicted octanol–water partition coefficient (Wildman–Crippen LogP) is 3.94. The SMILES string of the molecule is [C-]#[N+]c1ccc(C2CC=NN2C(=O)C(C)(C)CCCCl)cn1. The molecule has 1 amide bonds. The first-order valence-corrected chi connectivity index (χ1v) is 7.78. The van der Waals surface area contributed by atoms with Crippen LogP contribution in [0.5, 0.6) is 0 Å². The Balaban J connectivity index is 2.17. The number of halogens is 1. The number of hydrazone groups is 1. The van der Waals surface area contributed by atoms with E-state index in [-0.39, 0.29) is 11.9 Å². The van der Waals surface area contributed by atoms with E-state index in [1.54, 1.807) is 23.5 Å². The number of amides is 1. The van der Waals surface area contributed by atoms with Crippen molar-refractivity contribution in [2.75, 3.05) is 5.88 Å². The second kappa shape index (κ2) is 6.89. The Morgan fingerprint density at radius 3 is 2.91 bits per heavy atom. The third-order valence-electron chi connectivity index (χ3n) is 3.82. The maximum Gasteiger partial charge on any atom is 0.269 e. The van der Waals surface area contributed by atoms with Gasteiger partial charge >= 0.3 is 0 Å². The lowest BCUT2D eigenvalue weighted by molar-refractivity contribution is -0.142. The van der Waals surface area contributed by atoms with E-state index in [0.717, 1.165) is 18.4 Å². The maximum absolute atomic E-state index is 12.8. The van der Waals surface area contributed by atoms with Crippen molar-refractivity contribution in [3.63, 3.8) is 0 Å². The summed E-state index contributed by atoms with van der Waals surface area (Å²) in [5, 5.41) is 5.79. The number of rotatable bonds is 5. The van der Waals surface area contributed by atoms with Crippen LogP contribution in [-0.2, 0) is 4.79 Å². The lowest BCUT2D eigenvalue weighted by Gasteiger charge is -2.30. The highest BCUT2D eigenvalue weighted by Gasteiger charge is 2.37. The second-order valence-corrected chi connectivity index (χ2v) is 6.32. The highest BCUT2D eigenvalue weighted by molar-refractivity contribution is 6.17. The summed E-state index contributed by atoms with van der Waals surface area (Å²) in [4.78, 5) is 20.1. The Bertz CT molecular complexity index is 604. The van der Waals surface area contributed by atoms with Crippen LogP contribution in [0.2, 0.25) is 0 Å². The van der Waals surface area contributed by atoms with Crippen molar-refractivity contribution in [1.82, 2.24) is 9.99 Å². The number of carbonyl (C=O) groups is 1. The zero-order chi connectivity index (χ0) is 16.2. The third kappa shape index (κ3) is 3.45. The quantitative estimate of drug-likeness (QED) is 0.610. The third-order valence-corrected chi connectivity index (χ3v) is 4.09. The maximum atomic E-state index is 12.8. The smallest absolute Gasteiger partial charge is 0.269 e. The average molecular weight is 319 g/mol. The molecule has 1 aliphatic rings. The molecule has 0 N–H and O–H groups in total. The van der Waals surface area contributed by atoms with Crippen molar-refractivity contribution in [1.29, 1.82) is 0 Å². The molecule has 0 saturated heterocycles. The normalized spacial score (nSPS) is 17.5. The van der Waals surface area contributed by atoms with Gasteiger partial charge in [0.15, 0.2) is 0 Å². The van der Waals surface area contributed by atoms with Crippen LogP contribution in [0.3, 0.4) is 0 Å². The fraction of sp³-hybridized carbons (Fsp3) is 0.500. The molecule has 0 fully saturated rings. The van der Waals surface area contributed by atoms with Gasteiger partial charge in [0.25, 0.3) is 5.82 Å². The zero-order valence-corrected chi connectivity index (χ0v) is 13.5. The van der Waals surface area contributed by atoms with Gasteiger partial charge in [0.1, 0.15) is 6.20 Å². The summed E-state index contributed by atoms with van der Waals surface area (Å²) in [5.74, 6) is 0.888. The van der Waals surface area contributed by atoms with Crippen LogP contribution in [0.25, 0.3) is 4.85 Å². The molecule has 1 unspecified atom stereocenters. The lowest BCUT2D eigenvalue weighted by atomic mass is 9.86. The number of carbonyl (C=O) groups excluding carboxylic acids is 1. The largest absolute Gasteiger partial charge is 0.361 e. The van der Waals surface area contributed by atoms with E-state index in [1.807, 2.05) is 19.9 Å². The van der Waals surface area contributed by atoms with Gasteiger partial charge in [-0.25, -0.2) is 5.01 Å². The Labute approximate surface area is 135 Å². The van der Waals surface area contributed by atoms with Crippen molar-refractivity contribution in [3.8, 4) is 0 Å². The minimum atomic E-state index is -0.501. The number of aromatic nitrogens is 1. The van der Waals surface area contributed by atoms with Gasteiger partial charge in [0.2, 0.25) is 5.91 Å². The standard InChI is InChI=1S/C16H19ClN4O/c1-16(2,8-4-9-17)15(22)21-13(7-10-20-21)12-5-6-14(18-3)19-11-12/h5-6,10-11,13H,4,7-9H2,1-2H3. The summed E-state index contributed by atoms with van der Waals surface area (Å²) >= 11 is 5.74. The first kappa shape index (κ1) is 16.4. The molecule has 116 valence electrons. The first-order valence-electron chi connectivity index (χ1n) is 7.25. The Morgan fingerprint density at radius 2 is 2.32 bits per heavy atom. The van der Waals surface area contributed by atoms with Crippen molar-refractivity contribution in [2.24, 2.45) is 10.5 Å². The van der Waals surface area contributed by atoms with Gasteiger partial charge < -0.3 is 4.85 Å². The summed E-state index contributed by atoms with van der Waals surface area (Å²) in [6.45, 7) is 10.8. The molecule has 5 nitrogen and oxygen atoms in total. The highest BCUT2D eigenvalue weighted by atomic mass is 35.5. The predicted molar refractivity (Wildman–Crippen MR) is 86.9 cm³/mol.